The van der Waals surface area contributed by atoms with E-state index in [4.69, 9.17) is 0 Å². The summed E-state index contributed by atoms with van der Waals surface area (Å²) in [4.78, 5) is 31.6. The Morgan fingerprint density at radius 3 is 2.37 bits per heavy atom. The fourth-order valence-electron chi connectivity index (χ4n) is 3.07. The van der Waals surface area contributed by atoms with Crippen molar-refractivity contribution < 1.29 is 9.59 Å². The lowest BCUT2D eigenvalue weighted by Gasteiger charge is -2.34. The smallest absolute Gasteiger partial charge is 0.264 e. The lowest BCUT2D eigenvalue weighted by Crippen LogP contribution is -2.50. The molecule has 1 aliphatic heterocycles. The first-order chi connectivity index (χ1) is 13.0. The van der Waals surface area contributed by atoms with Gasteiger partial charge in [-0.05, 0) is 35.7 Å². The zero-order valence-electron chi connectivity index (χ0n) is 15.9. The average Bonchev–Trinajstić information content (AvgIpc) is 3.23. The fourth-order valence-corrected chi connectivity index (χ4v) is 3.76. The van der Waals surface area contributed by atoms with Gasteiger partial charge in [0.2, 0.25) is 0 Å². The first-order valence-corrected chi connectivity index (χ1v) is 10.0. The van der Waals surface area contributed by atoms with E-state index in [0.29, 0.717) is 12.1 Å². The number of carbonyl (C=O) groups is 2. The van der Waals surface area contributed by atoms with Crippen LogP contribution in [0.3, 0.4) is 0 Å². The fraction of sp³-hybridized carbons (Fsp3) is 0.400. The van der Waals surface area contributed by atoms with Gasteiger partial charge in [-0.3, -0.25) is 14.5 Å². The van der Waals surface area contributed by atoms with Crippen LogP contribution >= 0.6 is 11.3 Å². The number of carbonyl (C=O) groups excluding carboxylic acids is 2. The number of nitrogens with one attached hydrogen (secondary N) is 1. The zero-order valence-corrected chi connectivity index (χ0v) is 16.7. The Balaban J connectivity index is 1.39. The standard InChI is InChI=1S/C20H26N4O2S/c1-22(2)17-7-5-16(6-8-17)19(25)21-9-10-23-11-13-24(14-12-23)20(26)18-4-3-15-27-18/h3-8,15H,9-14H2,1-2H3,(H,21,25). The van der Waals surface area contributed by atoms with E-state index in [9.17, 15) is 9.59 Å². The van der Waals surface area contributed by atoms with E-state index in [1.54, 1.807) is 0 Å². The number of hydrogen-bond donors (Lipinski definition) is 1. The molecule has 0 unspecified atom stereocenters. The normalized spacial score (nSPS) is 14.8. The second kappa shape index (κ2) is 9.01. The van der Waals surface area contributed by atoms with Gasteiger partial charge in [0, 0.05) is 64.6 Å². The molecule has 1 aromatic carbocycles. The highest BCUT2D eigenvalue weighted by Gasteiger charge is 2.22. The molecule has 6 nitrogen and oxygen atoms in total. The average molecular weight is 387 g/mol. The molecule has 1 aliphatic rings. The van der Waals surface area contributed by atoms with Crippen molar-refractivity contribution in [2.45, 2.75) is 0 Å². The van der Waals surface area contributed by atoms with E-state index in [2.05, 4.69) is 10.2 Å². The lowest BCUT2D eigenvalue weighted by atomic mass is 10.2. The molecule has 1 fully saturated rings. The molecular formula is C20H26N4O2S. The second-order valence-corrected chi connectivity index (χ2v) is 7.76. The van der Waals surface area contributed by atoms with Crippen molar-refractivity contribution in [3.63, 3.8) is 0 Å². The molecule has 1 N–H and O–H groups in total. The first kappa shape index (κ1) is 19.4. The highest BCUT2D eigenvalue weighted by Crippen LogP contribution is 2.14. The molecule has 0 radical (unpaired) electrons. The van der Waals surface area contributed by atoms with Crippen LogP contribution in [0.25, 0.3) is 0 Å². The molecule has 0 aliphatic carbocycles. The number of nitrogens with zero attached hydrogens (tertiary/aromatic N) is 3. The quantitative estimate of drug-likeness (QED) is 0.825. The van der Waals surface area contributed by atoms with Crippen LogP contribution in [-0.2, 0) is 0 Å². The van der Waals surface area contributed by atoms with E-state index in [0.717, 1.165) is 43.3 Å². The monoisotopic (exact) mass is 386 g/mol. The Hall–Kier alpha value is -2.38. The van der Waals surface area contributed by atoms with Gasteiger partial charge in [0.05, 0.1) is 4.88 Å². The maximum atomic E-state index is 12.4. The highest BCUT2D eigenvalue weighted by atomic mass is 32.1. The first-order valence-electron chi connectivity index (χ1n) is 9.15. The van der Waals surface area contributed by atoms with Crippen molar-refractivity contribution in [3.05, 3.63) is 52.2 Å². The number of hydrogen-bond acceptors (Lipinski definition) is 5. The largest absolute Gasteiger partial charge is 0.378 e. The van der Waals surface area contributed by atoms with E-state index in [1.807, 2.05) is 65.7 Å². The van der Waals surface area contributed by atoms with Crippen LogP contribution in [0.15, 0.2) is 41.8 Å². The maximum Gasteiger partial charge on any atom is 0.264 e. The van der Waals surface area contributed by atoms with E-state index >= 15 is 0 Å². The maximum absolute atomic E-state index is 12.4. The number of benzene rings is 1. The SMILES string of the molecule is CN(C)c1ccc(C(=O)NCCN2CCN(C(=O)c3cccs3)CC2)cc1. The van der Waals surface area contributed by atoms with Crippen LogP contribution in [0.4, 0.5) is 5.69 Å². The molecule has 1 saturated heterocycles. The Labute approximate surface area is 164 Å². The van der Waals surface area contributed by atoms with Gasteiger partial charge in [-0.2, -0.15) is 0 Å². The van der Waals surface area contributed by atoms with Crippen molar-refractivity contribution in [2.24, 2.45) is 0 Å². The third-order valence-electron chi connectivity index (χ3n) is 4.75. The van der Waals surface area contributed by atoms with Crippen LogP contribution in [-0.4, -0.2) is 75.0 Å². The van der Waals surface area contributed by atoms with Gasteiger partial charge in [-0.15, -0.1) is 11.3 Å². The van der Waals surface area contributed by atoms with Gasteiger partial charge in [0.15, 0.2) is 0 Å². The summed E-state index contributed by atoms with van der Waals surface area (Å²) < 4.78 is 0. The minimum Gasteiger partial charge on any atom is -0.378 e. The van der Waals surface area contributed by atoms with E-state index < -0.39 is 0 Å². The van der Waals surface area contributed by atoms with Crippen LogP contribution in [0.2, 0.25) is 0 Å². The van der Waals surface area contributed by atoms with Crippen LogP contribution < -0.4 is 10.2 Å². The Morgan fingerprint density at radius 1 is 1.07 bits per heavy atom. The lowest BCUT2D eigenvalue weighted by molar-refractivity contribution is 0.0643. The van der Waals surface area contributed by atoms with Gasteiger partial charge in [0.25, 0.3) is 11.8 Å². The molecule has 2 aromatic rings. The third-order valence-corrected chi connectivity index (χ3v) is 5.61. The topological polar surface area (TPSA) is 55.9 Å². The molecule has 3 rings (SSSR count). The van der Waals surface area contributed by atoms with Gasteiger partial charge >= 0.3 is 0 Å². The van der Waals surface area contributed by atoms with Crippen LogP contribution in [0.1, 0.15) is 20.0 Å². The van der Waals surface area contributed by atoms with Crippen LogP contribution in [0, 0.1) is 0 Å². The summed E-state index contributed by atoms with van der Waals surface area (Å²) in [5, 5.41) is 4.91. The van der Waals surface area contributed by atoms with Crippen molar-refractivity contribution in [1.82, 2.24) is 15.1 Å². The predicted molar refractivity (Wildman–Crippen MR) is 110 cm³/mol. The second-order valence-electron chi connectivity index (χ2n) is 6.81. The minimum absolute atomic E-state index is 0.0492. The number of rotatable bonds is 6. The summed E-state index contributed by atoms with van der Waals surface area (Å²) >= 11 is 1.49. The van der Waals surface area contributed by atoms with Gasteiger partial charge in [0.1, 0.15) is 0 Å². The third kappa shape index (κ3) is 5.08. The summed E-state index contributed by atoms with van der Waals surface area (Å²) in [6, 6.07) is 11.4. The van der Waals surface area contributed by atoms with Gasteiger partial charge in [-0.25, -0.2) is 0 Å². The summed E-state index contributed by atoms with van der Waals surface area (Å²) in [6.45, 7) is 4.54. The molecule has 27 heavy (non-hydrogen) atoms. The zero-order chi connectivity index (χ0) is 19.2. The Kier molecular flexibility index (Phi) is 6.47. The minimum atomic E-state index is -0.0492. The Bertz CT molecular complexity index is 751. The van der Waals surface area contributed by atoms with Crippen molar-refractivity contribution in [2.75, 3.05) is 58.3 Å². The van der Waals surface area contributed by atoms with Gasteiger partial charge < -0.3 is 15.1 Å². The van der Waals surface area contributed by atoms with Crippen LogP contribution in [0.5, 0.6) is 0 Å². The molecule has 1 aromatic heterocycles. The van der Waals surface area contributed by atoms with Gasteiger partial charge in [-0.1, -0.05) is 6.07 Å². The number of anilines is 1. The molecule has 144 valence electrons. The summed E-state index contributed by atoms with van der Waals surface area (Å²) in [5.74, 6) is 0.0749. The van der Waals surface area contributed by atoms with Crippen molar-refractivity contribution in [1.29, 1.82) is 0 Å². The van der Waals surface area contributed by atoms with Crippen molar-refractivity contribution >= 4 is 28.8 Å². The number of amides is 2. The predicted octanol–water partition coefficient (Wildman–Crippen LogP) is 2.00. The molecule has 0 spiro atoms. The summed E-state index contributed by atoms with van der Waals surface area (Å²) in [5.41, 5.74) is 1.74. The number of thiophene rings is 1. The van der Waals surface area contributed by atoms with E-state index in [-0.39, 0.29) is 11.8 Å². The molecular weight excluding hydrogens is 360 g/mol. The molecule has 0 atom stereocenters. The molecule has 2 heterocycles. The Morgan fingerprint density at radius 2 is 1.78 bits per heavy atom. The summed E-state index contributed by atoms with van der Waals surface area (Å²) in [7, 11) is 3.95. The molecule has 0 bridgehead atoms. The van der Waals surface area contributed by atoms with Crippen molar-refractivity contribution in [3.8, 4) is 0 Å². The molecule has 2 amide bonds. The van der Waals surface area contributed by atoms with E-state index in [1.165, 1.54) is 11.3 Å². The number of piperazine rings is 1. The molecule has 7 heteroatoms. The highest BCUT2D eigenvalue weighted by molar-refractivity contribution is 7.12. The molecule has 0 saturated carbocycles. The summed E-state index contributed by atoms with van der Waals surface area (Å²) in [6.07, 6.45) is 0.